The Morgan fingerprint density at radius 2 is 1.89 bits per heavy atom. The summed E-state index contributed by atoms with van der Waals surface area (Å²) in [7, 11) is 1.36. The van der Waals surface area contributed by atoms with Gasteiger partial charge in [0.1, 0.15) is 0 Å². The van der Waals surface area contributed by atoms with E-state index in [1.54, 1.807) is 6.92 Å². The van der Waals surface area contributed by atoms with Crippen molar-refractivity contribution >= 4 is 11.7 Å². The minimum absolute atomic E-state index is 0.337. The number of ether oxygens (including phenoxy) is 1. The Kier molecular flexibility index (Phi) is 4.10. The van der Waals surface area contributed by atoms with Crippen LogP contribution in [0.5, 0.6) is 0 Å². The number of piperidine rings is 1. The average molecular weight is 263 g/mol. The van der Waals surface area contributed by atoms with Crippen molar-refractivity contribution in [2.24, 2.45) is 5.92 Å². The highest BCUT2D eigenvalue weighted by Crippen LogP contribution is 2.32. The molecule has 2 rings (SSSR count). The number of aliphatic hydroxyl groups is 1. The van der Waals surface area contributed by atoms with Crippen molar-refractivity contribution in [1.29, 1.82) is 0 Å². The molecule has 0 aliphatic carbocycles. The van der Waals surface area contributed by atoms with Gasteiger partial charge in [-0.25, -0.2) is 0 Å². The minimum atomic E-state index is -0.946. The number of methoxy groups -OCH3 is 1. The number of carbonyl (C=O) groups is 1. The summed E-state index contributed by atoms with van der Waals surface area (Å²) in [4.78, 5) is 13.8. The molecular formula is C15H21NO3. The SMILES string of the molecule is COC(=O)C(C)C1(O)CCN(c2ccccc2)CC1. The third-order valence-electron chi connectivity index (χ3n) is 4.11. The Balaban J connectivity index is 2.00. The third-order valence-corrected chi connectivity index (χ3v) is 4.11. The Morgan fingerprint density at radius 3 is 2.42 bits per heavy atom. The number of anilines is 1. The van der Waals surface area contributed by atoms with Gasteiger partial charge < -0.3 is 14.7 Å². The van der Waals surface area contributed by atoms with Crippen LogP contribution in [0.15, 0.2) is 30.3 Å². The highest BCUT2D eigenvalue weighted by atomic mass is 16.5. The average Bonchev–Trinajstić information content (AvgIpc) is 2.47. The summed E-state index contributed by atoms with van der Waals surface area (Å²) < 4.78 is 4.73. The van der Waals surface area contributed by atoms with Gasteiger partial charge in [0, 0.05) is 18.8 Å². The predicted molar refractivity (Wildman–Crippen MR) is 74.0 cm³/mol. The summed E-state index contributed by atoms with van der Waals surface area (Å²) in [6.45, 7) is 3.24. The van der Waals surface area contributed by atoms with E-state index in [1.165, 1.54) is 7.11 Å². The van der Waals surface area contributed by atoms with Gasteiger partial charge in [-0.05, 0) is 31.9 Å². The first kappa shape index (κ1) is 13.9. The van der Waals surface area contributed by atoms with Gasteiger partial charge in [0.25, 0.3) is 0 Å². The van der Waals surface area contributed by atoms with Crippen LogP contribution in [0.25, 0.3) is 0 Å². The van der Waals surface area contributed by atoms with E-state index in [0.717, 1.165) is 18.8 Å². The second-order valence-corrected chi connectivity index (χ2v) is 5.17. The van der Waals surface area contributed by atoms with Crippen molar-refractivity contribution in [3.63, 3.8) is 0 Å². The van der Waals surface area contributed by atoms with Crippen LogP contribution in [0.3, 0.4) is 0 Å². The molecule has 104 valence electrons. The Hall–Kier alpha value is -1.55. The van der Waals surface area contributed by atoms with Gasteiger partial charge >= 0.3 is 5.97 Å². The molecule has 0 saturated carbocycles. The molecule has 1 saturated heterocycles. The molecule has 1 N–H and O–H groups in total. The van der Waals surface area contributed by atoms with Gasteiger partial charge in [0.05, 0.1) is 18.6 Å². The maximum atomic E-state index is 11.6. The zero-order valence-corrected chi connectivity index (χ0v) is 11.5. The van der Waals surface area contributed by atoms with Gasteiger partial charge in [-0.3, -0.25) is 4.79 Å². The second-order valence-electron chi connectivity index (χ2n) is 5.17. The molecule has 0 aromatic heterocycles. The topological polar surface area (TPSA) is 49.8 Å². The molecule has 1 aliphatic heterocycles. The van der Waals surface area contributed by atoms with Crippen molar-refractivity contribution in [2.45, 2.75) is 25.4 Å². The largest absolute Gasteiger partial charge is 0.469 e. The molecule has 1 aromatic rings. The maximum Gasteiger partial charge on any atom is 0.311 e. The molecule has 1 heterocycles. The normalized spacial score (nSPS) is 19.8. The number of hydrogen-bond acceptors (Lipinski definition) is 4. The molecular weight excluding hydrogens is 242 g/mol. The van der Waals surface area contributed by atoms with E-state index in [1.807, 2.05) is 18.2 Å². The fourth-order valence-corrected chi connectivity index (χ4v) is 2.62. The molecule has 0 amide bonds. The van der Waals surface area contributed by atoms with E-state index in [9.17, 15) is 9.90 Å². The standard InChI is InChI=1S/C15H21NO3/c1-12(14(17)19-2)15(18)8-10-16(11-9-15)13-6-4-3-5-7-13/h3-7,12,18H,8-11H2,1-2H3. The molecule has 19 heavy (non-hydrogen) atoms. The van der Waals surface area contributed by atoms with E-state index >= 15 is 0 Å². The zero-order chi connectivity index (χ0) is 13.9. The van der Waals surface area contributed by atoms with Crippen LogP contribution in [-0.2, 0) is 9.53 Å². The fraction of sp³-hybridized carbons (Fsp3) is 0.533. The number of para-hydroxylation sites is 1. The summed E-state index contributed by atoms with van der Waals surface area (Å²) in [5.41, 5.74) is 0.216. The lowest BCUT2D eigenvalue weighted by molar-refractivity contribution is -0.156. The van der Waals surface area contributed by atoms with Gasteiger partial charge in [-0.2, -0.15) is 0 Å². The van der Waals surface area contributed by atoms with Crippen molar-refractivity contribution in [1.82, 2.24) is 0 Å². The first-order valence-corrected chi connectivity index (χ1v) is 6.67. The van der Waals surface area contributed by atoms with Crippen LogP contribution >= 0.6 is 0 Å². The summed E-state index contributed by atoms with van der Waals surface area (Å²) >= 11 is 0. The zero-order valence-electron chi connectivity index (χ0n) is 11.5. The summed E-state index contributed by atoms with van der Waals surface area (Å²) in [6.07, 6.45) is 1.16. The Labute approximate surface area is 114 Å². The summed E-state index contributed by atoms with van der Waals surface area (Å²) in [6, 6.07) is 10.1. The first-order valence-electron chi connectivity index (χ1n) is 6.67. The molecule has 0 bridgehead atoms. The highest BCUT2D eigenvalue weighted by molar-refractivity contribution is 5.73. The molecule has 4 heteroatoms. The fourth-order valence-electron chi connectivity index (χ4n) is 2.62. The molecule has 4 nitrogen and oxygen atoms in total. The molecule has 1 fully saturated rings. The number of nitrogens with zero attached hydrogens (tertiary/aromatic N) is 1. The maximum absolute atomic E-state index is 11.6. The molecule has 1 aromatic carbocycles. The van der Waals surface area contributed by atoms with Crippen LogP contribution in [0, 0.1) is 5.92 Å². The van der Waals surface area contributed by atoms with Crippen LogP contribution in [0.4, 0.5) is 5.69 Å². The van der Waals surface area contributed by atoms with Crippen LogP contribution in [0.2, 0.25) is 0 Å². The molecule has 1 unspecified atom stereocenters. The first-order chi connectivity index (χ1) is 9.07. The van der Waals surface area contributed by atoms with Gasteiger partial charge in [-0.15, -0.1) is 0 Å². The monoisotopic (exact) mass is 263 g/mol. The number of esters is 1. The summed E-state index contributed by atoms with van der Waals surface area (Å²) in [5, 5.41) is 10.6. The van der Waals surface area contributed by atoms with E-state index in [2.05, 4.69) is 17.0 Å². The van der Waals surface area contributed by atoms with E-state index in [4.69, 9.17) is 4.74 Å². The van der Waals surface area contributed by atoms with Crippen molar-refractivity contribution < 1.29 is 14.6 Å². The molecule has 1 aliphatic rings. The van der Waals surface area contributed by atoms with Gasteiger partial charge in [0.2, 0.25) is 0 Å². The number of carbonyl (C=O) groups excluding carboxylic acids is 1. The van der Waals surface area contributed by atoms with Gasteiger partial charge in [0.15, 0.2) is 0 Å². The lowest BCUT2D eigenvalue weighted by Crippen LogP contribution is -2.50. The number of benzene rings is 1. The molecule has 1 atom stereocenters. The third kappa shape index (κ3) is 2.89. The van der Waals surface area contributed by atoms with Gasteiger partial charge in [-0.1, -0.05) is 18.2 Å². The number of rotatable bonds is 3. The van der Waals surface area contributed by atoms with Crippen LogP contribution < -0.4 is 4.90 Å². The van der Waals surface area contributed by atoms with Crippen molar-refractivity contribution in [2.75, 3.05) is 25.1 Å². The van der Waals surface area contributed by atoms with Crippen molar-refractivity contribution in [3.05, 3.63) is 30.3 Å². The quantitative estimate of drug-likeness (QED) is 0.845. The Morgan fingerprint density at radius 1 is 1.32 bits per heavy atom. The second kappa shape index (κ2) is 5.61. The Bertz CT molecular complexity index is 424. The summed E-state index contributed by atoms with van der Waals surface area (Å²) in [5.74, 6) is -0.814. The lowest BCUT2D eigenvalue weighted by Gasteiger charge is -2.41. The highest BCUT2D eigenvalue weighted by Gasteiger charge is 2.41. The van der Waals surface area contributed by atoms with E-state index in [-0.39, 0.29) is 5.97 Å². The van der Waals surface area contributed by atoms with E-state index < -0.39 is 11.5 Å². The number of hydrogen-bond donors (Lipinski definition) is 1. The minimum Gasteiger partial charge on any atom is -0.469 e. The predicted octanol–water partition coefficient (Wildman–Crippen LogP) is 1.83. The molecule has 0 radical (unpaired) electrons. The van der Waals surface area contributed by atoms with E-state index in [0.29, 0.717) is 12.8 Å². The molecule has 0 spiro atoms. The van der Waals surface area contributed by atoms with Crippen molar-refractivity contribution in [3.8, 4) is 0 Å². The van der Waals surface area contributed by atoms with Crippen LogP contribution in [-0.4, -0.2) is 36.9 Å². The smallest absolute Gasteiger partial charge is 0.311 e. The lowest BCUT2D eigenvalue weighted by atomic mass is 9.80. The van der Waals surface area contributed by atoms with Crippen LogP contribution in [0.1, 0.15) is 19.8 Å².